The van der Waals surface area contributed by atoms with E-state index in [9.17, 15) is 4.79 Å². The van der Waals surface area contributed by atoms with Crippen LogP contribution in [0.3, 0.4) is 0 Å². The van der Waals surface area contributed by atoms with Crippen molar-refractivity contribution in [2.75, 3.05) is 39.4 Å². The number of morpholine rings is 1. The van der Waals surface area contributed by atoms with Crippen LogP contribution in [0.5, 0.6) is 5.88 Å². The van der Waals surface area contributed by atoms with Crippen LogP contribution in [-0.2, 0) is 4.74 Å². The van der Waals surface area contributed by atoms with Crippen molar-refractivity contribution in [3.63, 3.8) is 0 Å². The average Bonchev–Trinajstić information content (AvgIpc) is 3.06. The van der Waals surface area contributed by atoms with Crippen molar-refractivity contribution in [2.45, 2.75) is 39.3 Å². The first-order valence-corrected chi connectivity index (χ1v) is 9.32. The van der Waals surface area contributed by atoms with Gasteiger partial charge in [0.1, 0.15) is 0 Å². The second-order valence-corrected chi connectivity index (χ2v) is 7.15. The van der Waals surface area contributed by atoms with Gasteiger partial charge >= 0.3 is 0 Å². The molecule has 2 saturated heterocycles. The van der Waals surface area contributed by atoms with Gasteiger partial charge in [-0.05, 0) is 25.8 Å². The molecule has 2 fully saturated rings. The third-order valence-corrected chi connectivity index (χ3v) is 5.07. The normalized spacial score (nSPS) is 24.7. The maximum absolute atomic E-state index is 12.9. The largest absolute Gasteiger partial charge is 0.475 e. The highest BCUT2D eigenvalue weighted by Crippen LogP contribution is 2.27. The topological polar surface area (TPSA) is 54.9 Å². The van der Waals surface area contributed by atoms with Crippen LogP contribution in [0.2, 0.25) is 0 Å². The minimum absolute atomic E-state index is 0.0674. The Hall–Kier alpha value is -1.66. The fraction of sp³-hybridized carbons (Fsp3) is 0.684. The van der Waals surface area contributed by atoms with Gasteiger partial charge < -0.3 is 14.4 Å². The lowest BCUT2D eigenvalue weighted by Crippen LogP contribution is -2.47. The smallest absolute Gasteiger partial charge is 0.255 e. The van der Waals surface area contributed by atoms with Crippen molar-refractivity contribution < 1.29 is 14.3 Å². The Morgan fingerprint density at radius 3 is 2.68 bits per heavy atom. The van der Waals surface area contributed by atoms with Gasteiger partial charge in [-0.3, -0.25) is 9.69 Å². The Labute approximate surface area is 150 Å². The Kier molecular flexibility index (Phi) is 5.91. The molecule has 0 bridgehead atoms. The predicted molar refractivity (Wildman–Crippen MR) is 95.9 cm³/mol. The number of pyridine rings is 1. The molecule has 3 rings (SSSR count). The van der Waals surface area contributed by atoms with Gasteiger partial charge in [0.25, 0.3) is 5.91 Å². The molecule has 1 aromatic heterocycles. The molecule has 3 heterocycles. The molecule has 0 unspecified atom stereocenters. The number of hydrogen-bond acceptors (Lipinski definition) is 5. The molecule has 0 spiro atoms. The van der Waals surface area contributed by atoms with Gasteiger partial charge in [0.05, 0.1) is 24.9 Å². The first kappa shape index (κ1) is 18.1. The van der Waals surface area contributed by atoms with Crippen LogP contribution in [0.25, 0.3) is 0 Å². The summed E-state index contributed by atoms with van der Waals surface area (Å²) in [6.07, 6.45) is 2.79. The molecule has 25 heavy (non-hydrogen) atoms. The van der Waals surface area contributed by atoms with Crippen LogP contribution in [0.1, 0.15) is 37.6 Å². The van der Waals surface area contributed by atoms with E-state index in [1.165, 1.54) is 0 Å². The number of amides is 1. The van der Waals surface area contributed by atoms with E-state index in [-0.39, 0.29) is 12.0 Å². The number of carbonyl (C=O) groups excluding carboxylic acids is 1. The number of likely N-dealkylation sites (tertiary alicyclic amines) is 1. The van der Waals surface area contributed by atoms with Crippen LogP contribution in [-0.4, -0.2) is 72.2 Å². The zero-order valence-corrected chi connectivity index (χ0v) is 15.5. The molecule has 0 aromatic carbocycles. The zero-order chi connectivity index (χ0) is 17.8. The number of aromatic nitrogens is 1. The highest BCUT2D eigenvalue weighted by molar-refractivity contribution is 5.94. The van der Waals surface area contributed by atoms with Gasteiger partial charge in [-0.15, -0.1) is 0 Å². The number of nitrogens with zero attached hydrogens (tertiary/aromatic N) is 3. The van der Waals surface area contributed by atoms with E-state index in [2.05, 4.69) is 16.8 Å². The van der Waals surface area contributed by atoms with Gasteiger partial charge in [0.2, 0.25) is 5.88 Å². The molecule has 1 amide bonds. The Morgan fingerprint density at radius 1 is 1.32 bits per heavy atom. The predicted octanol–water partition coefficient (Wildman–Crippen LogP) is 2.05. The molecule has 0 saturated carbocycles. The summed E-state index contributed by atoms with van der Waals surface area (Å²) >= 11 is 0. The van der Waals surface area contributed by atoms with Crippen molar-refractivity contribution in [3.8, 4) is 5.88 Å². The Morgan fingerprint density at radius 2 is 2.08 bits per heavy atom. The van der Waals surface area contributed by atoms with Crippen LogP contribution in [0.4, 0.5) is 0 Å². The number of carbonyl (C=O) groups is 1. The maximum atomic E-state index is 12.9. The summed E-state index contributed by atoms with van der Waals surface area (Å²) in [4.78, 5) is 21.6. The molecule has 2 atom stereocenters. The molecule has 138 valence electrons. The van der Waals surface area contributed by atoms with E-state index >= 15 is 0 Å². The molecule has 0 radical (unpaired) electrons. The fourth-order valence-electron chi connectivity index (χ4n) is 3.74. The van der Waals surface area contributed by atoms with E-state index in [0.717, 1.165) is 45.8 Å². The summed E-state index contributed by atoms with van der Waals surface area (Å²) in [5.74, 6) is 1.15. The van der Waals surface area contributed by atoms with Crippen LogP contribution < -0.4 is 4.74 Å². The van der Waals surface area contributed by atoms with E-state index < -0.39 is 0 Å². The molecule has 6 heteroatoms. The van der Waals surface area contributed by atoms with E-state index in [1.807, 2.05) is 24.8 Å². The molecule has 2 aliphatic heterocycles. The number of rotatable bonds is 5. The van der Waals surface area contributed by atoms with Gasteiger partial charge in [-0.2, -0.15) is 0 Å². The lowest BCUT2D eigenvalue weighted by molar-refractivity contribution is 0.0103. The molecular formula is C19H29N3O3. The van der Waals surface area contributed by atoms with Crippen molar-refractivity contribution in [3.05, 3.63) is 23.9 Å². The molecule has 0 aliphatic carbocycles. The van der Waals surface area contributed by atoms with Crippen molar-refractivity contribution in [1.29, 1.82) is 0 Å². The van der Waals surface area contributed by atoms with Crippen LogP contribution in [0, 0.1) is 5.92 Å². The second kappa shape index (κ2) is 8.15. The van der Waals surface area contributed by atoms with Crippen molar-refractivity contribution >= 4 is 5.91 Å². The first-order chi connectivity index (χ1) is 12.1. The molecular weight excluding hydrogens is 318 g/mol. The zero-order valence-electron chi connectivity index (χ0n) is 15.5. The van der Waals surface area contributed by atoms with Gasteiger partial charge in [-0.25, -0.2) is 4.98 Å². The fourth-order valence-corrected chi connectivity index (χ4v) is 3.74. The van der Waals surface area contributed by atoms with Gasteiger partial charge in [0.15, 0.2) is 0 Å². The highest BCUT2D eigenvalue weighted by Gasteiger charge is 2.38. The standard InChI is InChI=1S/C19H29N3O3/c1-4-15-12-22(13-17(15)21-7-9-24-10-8-21)19(23)16-5-6-18(20-11-16)25-14(2)3/h5-6,11,14-15,17H,4,7-10,12-13H2,1-3H3/t15-,17+/m0/s1. The third-order valence-electron chi connectivity index (χ3n) is 5.07. The number of ether oxygens (including phenoxy) is 2. The number of hydrogen-bond donors (Lipinski definition) is 0. The van der Waals surface area contributed by atoms with Crippen LogP contribution in [0.15, 0.2) is 18.3 Å². The summed E-state index contributed by atoms with van der Waals surface area (Å²) < 4.78 is 11.0. The monoisotopic (exact) mass is 347 g/mol. The third kappa shape index (κ3) is 4.30. The average molecular weight is 347 g/mol. The van der Waals surface area contributed by atoms with Crippen molar-refractivity contribution in [1.82, 2.24) is 14.8 Å². The lowest BCUT2D eigenvalue weighted by atomic mass is 9.99. The Bertz CT molecular complexity index is 570. The lowest BCUT2D eigenvalue weighted by Gasteiger charge is -2.34. The summed E-state index contributed by atoms with van der Waals surface area (Å²) in [7, 11) is 0. The summed E-state index contributed by atoms with van der Waals surface area (Å²) in [5.41, 5.74) is 0.633. The SMILES string of the molecule is CC[C@H]1CN(C(=O)c2ccc(OC(C)C)nc2)C[C@H]1N1CCOCC1. The summed E-state index contributed by atoms with van der Waals surface area (Å²) in [5, 5.41) is 0. The first-order valence-electron chi connectivity index (χ1n) is 9.32. The molecule has 1 aromatic rings. The molecule has 6 nitrogen and oxygen atoms in total. The van der Waals surface area contributed by atoms with Crippen molar-refractivity contribution in [2.24, 2.45) is 5.92 Å². The summed E-state index contributed by atoms with van der Waals surface area (Å²) in [6, 6.07) is 4.03. The maximum Gasteiger partial charge on any atom is 0.255 e. The van der Waals surface area contributed by atoms with E-state index in [1.54, 1.807) is 12.3 Å². The molecule has 2 aliphatic rings. The van der Waals surface area contributed by atoms with Crippen LogP contribution >= 0.6 is 0 Å². The molecule has 0 N–H and O–H groups in total. The quantitative estimate of drug-likeness (QED) is 0.816. The van der Waals surface area contributed by atoms with E-state index in [0.29, 0.717) is 23.4 Å². The van der Waals surface area contributed by atoms with E-state index in [4.69, 9.17) is 9.47 Å². The van der Waals surface area contributed by atoms with Gasteiger partial charge in [0, 0.05) is 44.5 Å². The van der Waals surface area contributed by atoms with Gasteiger partial charge in [-0.1, -0.05) is 13.3 Å². The summed E-state index contributed by atoms with van der Waals surface area (Å²) in [6.45, 7) is 11.3. The Balaban J connectivity index is 1.65. The highest BCUT2D eigenvalue weighted by atomic mass is 16.5. The minimum atomic E-state index is 0.0674. The second-order valence-electron chi connectivity index (χ2n) is 7.15. The minimum Gasteiger partial charge on any atom is -0.475 e.